The van der Waals surface area contributed by atoms with Crippen LogP contribution in [0.5, 0.6) is 0 Å². The van der Waals surface area contributed by atoms with Crippen molar-refractivity contribution in [1.82, 2.24) is 5.32 Å². The van der Waals surface area contributed by atoms with Gasteiger partial charge in [0.05, 0.1) is 0 Å². The molecule has 0 bridgehead atoms. The van der Waals surface area contributed by atoms with E-state index in [0.29, 0.717) is 11.8 Å². The number of carbonyl (C=O) groups excluding carboxylic acids is 2. The van der Waals surface area contributed by atoms with E-state index >= 15 is 0 Å². The van der Waals surface area contributed by atoms with Gasteiger partial charge >= 0.3 is 0 Å². The van der Waals surface area contributed by atoms with Crippen LogP contribution in [0, 0.1) is 11.6 Å². The first kappa shape index (κ1) is 18.3. The average Bonchev–Trinajstić information content (AvgIpc) is 2.97. The minimum atomic E-state index is -1.93. The summed E-state index contributed by atoms with van der Waals surface area (Å²) < 4.78 is 26.5. The fraction of sp³-hybridized carbons (Fsp3) is 0.222. The first-order valence-electron chi connectivity index (χ1n) is 8.13. The van der Waals surface area contributed by atoms with Gasteiger partial charge in [0, 0.05) is 29.8 Å². The van der Waals surface area contributed by atoms with Crippen molar-refractivity contribution in [2.24, 2.45) is 5.11 Å². The predicted molar refractivity (Wildman–Crippen MR) is 93.5 cm³/mol. The molecule has 1 aliphatic rings. The first-order valence-corrected chi connectivity index (χ1v) is 8.13. The Morgan fingerprint density at radius 1 is 1.22 bits per heavy atom. The molecule has 1 heterocycles. The van der Waals surface area contributed by atoms with E-state index in [4.69, 9.17) is 5.53 Å². The Morgan fingerprint density at radius 3 is 2.52 bits per heavy atom. The maximum absolute atomic E-state index is 13.3. The van der Waals surface area contributed by atoms with Crippen LogP contribution in [0.4, 0.5) is 14.5 Å². The molecule has 0 aromatic heterocycles. The van der Waals surface area contributed by atoms with Gasteiger partial charge in [0.2, 0.25) is 17.4 Å². The number of nitrogens with zero attached hydrogens (tertiary/aromatic N) is 4. The van der Waals surface area contributed by atoms with E-state index in [1.165, 1.54) is 4.90 Å². The molecule has 0 saturated carbocycles. The zero-order valence-electron chi connectivity index (χ0n) is 14.1. The van der Waals surface area contributed by atoms with E-state index < -0.39 is 29.0 Å². The van der Waals surface area contributed by atoms with Crippen molar-refractivity contribution in [2.75, 3.05) is 11.4 Å². The third kappa shape index (κ3) is 3.58. The van der Waals surface area contributed by atoms with Gasteiger partial charge in [-0.05, 0) is 41.8 Å². The van der Waals surface area contributed by atoms with Crippen LogP contribution in [0.3, 0.4) is 0 Å². The van der Waals surface area contributed by atoms with E-state index in [1.54, 1.807) is 30.3 Å². The maximum Gasteiger partial charge on any atom is 0.248 e. The third-order valence-electron chi connectivity index (χ3n) is 4.33. The molecule has 2 aromatic carbocycles. The second-order valence-electron chi connectivity index (χ2n) is 6.05. The van der Waals surface area contributed by atoms with Gasteiger partial charge in [-0.2, -0.15) is 0 Å². The molecule has 0 spiro atoms. The lowest BCUT2D eigenvalue weighted by molar-refractivity contribution is -0.134. The van der Waals surface area contributed by atoms with E-state index in [-0.39, 0.29) is 25.1 Å². The minimum absolute atomic E-state index is 0.00582. The van der Waals surface area contributed by atoms with E-state index in [1.807, 2.05) is 0 Å². The van der Waals surface area contributed by atoms with Crippen LogP contribution in [0.15, 0.2) is 53.6 Å². The largest absolute Gasteiger partial charge is 0.351 e. The summed E-state index contributed by atoms with van der Waals surface area (Å²) in [6, 6.07) is 11.5. The van der Waals surface area contributed by atoms with Crippen LogP contribution >= 0.6 is 0 Å². The Labute approximate surface area is 153 Å². The molecule has 3 rings (SSSR count). The number of rotatable bonds is 5. The number of nitrogens with one attached hydrogen (secondary N) is 1. The number of azide groups is 1. The highest BCUT2D eigenvalue weighted by Crippen LogP contribution is 2.32. The zero-order valence-corrected chi connectivity index (χ0v) is 14.1. The van der Waals surface area contributed by atoms with Gasteiger partial charge in [-0.3, -0.25) is 9.59 Å². The van der Waals surface area contributed by atoms with Gasteiger partial charge < -0.3 is 10.2 Å². The van der Waals surface area contributed by atoms with Crippen molar-refractivity contribution in [1.29, 1.82) is 0 Å². The summed E-state index contributed by atoms with van der Waals surface area (Å²) >= 11 is 0. The summed E-state index contributed by atoms with van der Waals surface area (Å²) in [4.78, 5) is 29.6. The van der Waals surface area contributed by atoms with Crippen LogP contribution < -0.4 is 10.2 Å². The second-order valence-corrected chi connectivity index (χ2v) is 6.05. The standard InChI is InChI=1S/C18H15F2N5O2/c19-13-8-12(9-14(20)10-13)11-22-16(26)18(23-24-21)6-7-25(17(18)27)15-4-2-1-3-5-15/h1-5,8-10H,6-7,11H2,(H,22,26). The number of carbonyl (C=O) groups is 2. The Balaban J connectivity index is 1.81. The minimum Gasteiger partial charge on any atom is -0.351 e. The van der Waals surface area contributed by atoms with E-state index in [2.05, 4.69) is 15.3 Å². The lowest BCUT2D eigenvalue weighted by atomic mass is 9.97. The predicted octanol–water partition coefficient (Wildman–Crippen LogP) is 3.07. The van der Waals surface area contributed by atoms with Crippen LogP contribution in [0.25, 0.3) is 10.4 Å². The van der Waals surface area contributed by atoms with Crippen molar-refractivity contribution in [3.8, 4) is 0 Å². The molecule has 1 fully saturated rings. The number of anilines is 1. The number of benzene rings is 2. The van der Waals surface area contributed by atoms with Crippen molar-refractivity contribution in [3.63, 3.8) is 0 Å². The monoisotopic (exact) mass is 371 g/mol. The average molecular weight is 371 g/mol. The summed E-state index contributed by atoms with van der Waals surface area (Å²) in [5.74, 6) is -3.02. The van der Waals surface area contributed by atoms with Gasteiger partial charge in [-0.25, -0.2) is 8.78 Å². The normalized spacial score (nSPS) is 18.9. The number of hydrogen-bond acceptors (Lipinski definition) is 3. The lowest BCUT2D eigenvalue weighted by Gasteiger charge is -2.22. The molecule has 2 amide bonds. The van der Waals surface area contributed by atoms with Crippen LogP contribution in [0.2, 0.25) is 0 Å². The van der Waals surface area contributed by atoms with Gasteiger partial charge in [0.1, 0.15) is 11.6 Å². The quantitative estimate of drug-likeness (QED) is 0.378. The van der Waals surface area contributed by atoms with Crippen molar-refractivity contribution < 1.29 is 18.4 Å². The van der Waals surface area contributed by atoms with Crippen molar-refractivity contribution >= 4 is 17.5 Å². The highest BCUT2D eigenvalue weighted by molar-refractivity contribution is 6.17. The summed E-state index contributed by atoms with van der Waals surface area (Å²) in [5, 5.41) is 5.93. The molecule has 1 saturated heterocycles. The smallest absolute Gasteiger partial charge is 0.248 e. The third-order valence-corrected chi connectivity index (χ3v) is 4.33. The van der Waals surface area contributed by atoms with Crippen molar-refractivity contribution in [2.45, 2.75) is 18.5 Å². The number of halogens is 2. The maximum atomic E-state index is 13.3. The summed E-state index contributed by atoms with van der Waals surface area (Å²) in [6.07, 6.45) is -0.00582. The first-order chi connectivity index (χ1) is 13.0. The highest BCUT2D eigenvalue weighted by atomic mass is 19.1. The molecular weight excluding hydrogens is 356 g/mol. The molecule has 1 unspecified atom stereocenters. The molecule has 1 aliphatic heterocycles. The van der Waals surface area contributed by atoms with Crippen molar-refractivity contribution in [3.05, 3.63) is 76.2 Å². The zero-order chi connectivity index (χ0) is 19.4. The molecule has 138 valence electrons. The Kier molecular flexibility index (Phi) is 5.05. The molecule has 1 atom stereocenters. The van der Waals surface area contributed by atoms with Crippen LogP contribution in [0.1, 0.15) is 12.0 Å². The van der Waals surface area contributed by atoms with Crippen LogP contribution in [-0.4, -0.2) is 23.9 Å². The second kappa shape index (κ2) is 7.43. The van der Waals surface area contributed by atoms with Gasteiger partial charge in [-0.15, -0.1) is 0 Å². The summed E-state index contributed by atoms with van der Waals surface area (Å²) in [7, 11) is 0. The number of hydrogen-bond donors (Lipinski definition) is 1. The Morgan fingerprint density at radius 2 is 1.89 bits per heavy atom. The molecular formula is C18H15F2N5O2. The molecule has 9 heteroatoms. The van der Waals surface area contributed by atoms with E-state index in [9.17, 15) is 18.4 Å². The topological polar surface area (TPSA) is 98.2 Å². The van der Waals surface area contributed by atoms with Gasteiger partial charge in [-0.1, -0.05) is 23.3 Å². The summed E-state index contributed by atoms with van der Waals surface area (Å²) in [5.41, 5.74) is 7.71. The highest BCUT2D eigenvalue weighted by Gasteiger charge is 2.52. The van der Waals surface area contributed by atoms with Crippen LogP contribution in [-0.2, 0) is 16.1 Å². The lowest BCUT2D eigenvalue weighted by Crippen LogP contribution is -2.50. The SMILES string of the molecule is [N-]=[N+]=NC1(C(=O)NCc2cc(F)cc(F)c2)CCN(c2ccccc2)C1=O. The van der Waals surface area contributed by atoms with E-state index in [0.717, 1.165) is 12.1 Å². The molecule has 7 nitrogen and oxygen atoms in total. The van der Waals surface area contributed by atoms with Gasteiger partial charge in [0.25, 0.3) is 0 Å². The Bertz CT molecular complexity index is 910. The fourth-order valence-electron chi connectivity index (χ4n) is 3.03. The molecule has 0 radical (unpaired) electrons. The number of para-hydroxylation sites is 1. The molecule has 0 aliphatic carbocycles. The van der Waals surface area contributed by atoms with Gasteiger partial charge in [0.15, 0.2) is 0 Å². The molecule has 27 heavy (non-hydrogen) atoms. The number of amides is 2. The molecule has 1 N–H and O–H groups in total. The fourth-order valence-corrected chi connectivity index (χ4v) is 3.03. The Hall–Kier alpha value is -3.45. The molecule has 2 aromatic rings. The summed E-state index contributed by atoms with van der Waals surface area (Å²) in [6.45, 7) is -0.0152.